The van der Waals surface area contributed by atoms with E-state index in [9.17, 15) is 13.2 Å². The highest BCUT2D eigenvalue weighted by atomic mass is 19.4. The number of hydrogen-bond donors (Lipinski definition) is 1. The van der Waals surface area contributed by atoms with Crippen LogP contribution in [-0.4, -0.2) is 0 Å². The molecule has 20 heavy (non-hydrogen) atoms. The predicted molar refractivity (Wildman–Crippen MR) is 74.7 cm³/mol. The van der Waals surface area contributed by atoms with Gasteiger partial charge in [0.2, 0.25) is 0 Å². The fourth-order valence-electron chi connectivity index (χ4n) is 2.07. The Hall–Kier alpha value is -1.97. The second-order valence-corrected chi connectivity index (χ2v) is 4.83. The Balaban J connectivity index is 2.21. The largest absolute Gasteiger partial charge is 0.416 e. The molecule has 0 aromatic heterocycles. The van der Waals surface area contributed by atoms with Crippen LogP contribution < -0.4 is 5.32 Å². The molecule has 0 spiro atoms. The highest BCUT2D eigenvalue weighted by Gasteiger charge is 2.32. The van der Waals surface area contributed by atoms with E-state index in [4.69, 9.17) is 0 Å². The molecule has 0 aliphatic carbocycles. The van der Waals surface area contributed by atoms with Crippen molar-refractivity contribution in [3.8, 4) is 0 Å². The summed E-state index contributed by atoms with van der Waals surface area (Å²) in [4.78, 5) is 0. The smallest absolute Gasteiger partial charge is 0.381 e. The number of rotatable bonds is 3. The molecule has 1 nitrogen and oxygen atoms in total. The third kappa shape index (κ3) is 3.32. The molecule has 0 atom stereocenters. The number of aryl methyl sites for hydroxylation is 2. The molecule has 0 unspecified atom stereocenters. The zero-order valence-electron chi connectivity index (χ0n) is 11.4. The Morgan fingerprint density at radius 3 is 2.40 bits per heavy atom. The van der Waals surface area contributed by atoms with Gasteiger partial charge in [0.1, 0.15) is 0 Å². The van der Waals surface area contributed by atoms with Crippen LogP contribution in [0.2, 0.25) is 0 Å². The number of alkyl halides is 3. The lowest BCUT2D eigenvalue weighted by molar-refractivity contribution is -0.138. The van der Waals surface area contributed by atoms with Crippen LogP contribution in [0.1, 0.15) is 22.3 Å². The summed E-state index contributed by atoms with van der Waals surface area (Å²) >= 11 is 0. The minimum absolute atomic E-state index is 0.153. The van der Waals surface area contributed by atoms with Crippen molar-refractivity contribution >= 4 is 5.69 Å². The molecule has 0 saturated heterocycles. The SMILES string of the molecule is Cc1ccc(C)c(NCc2ccccc2C(F)(F)F)c1. The van der Waals surface area contributed by atoms with Crippen molar-refractivity contribution in [2.75, 3.05) is 5.32 Å². The summed E-state index contributed by atoms with van der Waals surface area (Å²) in [7, 11) is 0. The van der Waals surface area contributed by atoms with Crippen molar-refractivity contribution in [1.82, 2.24) is 0 Å². The van der Waals surface area contributed by atoms with Gasteiger partial charge in [-0.15, -0.1) is 0 Å². The topological polar surface area (TPSA) is 12.0 Å². The zero-order valence-corrected chi connectivity index (χ0v) is 11.4. The van der Waals surface area contributed by atoms with Crippen LogP contribution in [-0.2, 0) is 12.7 Å². The van der Waals surface area contributed by atoms with E-state index in [-0.39, 0.29) is 12.1 Å². The summed E-state index contributed by atoms with van der Waals surface area (Å²) < 4.78 is 38.7. The second kappa shape index (κ2) is 5.57. The summed E-state index contributed by atoms with van der Waals surface area (Å²) in [5.74, 6) is 0. The highest BCUT2D eigenvalue weighted by Crippen LogP contribution is 2.32. The Bertz CT molecular complexity index is 603. The van der Waals surface area contributed by atoms with Crippen molar-refractivity contribution in [2.45, 2.75) is 26.6 Å². The van der Waals surface area contributed by atoms with E-state index in [2.05, 4.69) is 5.32 Å². The van der Waals surface area contributed by atoms with Gasteiger partial charge in [-0.1, -0.05) is 30.3 Å². The fourth-order valence-corrected chi connectivity index (χ4v) is 2.07. The van der Waals surface area contributed by atoms with E-state index in [1.54, 1.807) is 6.07 Å². The first-order chi connectivity index (χ1) is 9.38. The second-order valence-electron chi connectivity index (χ2n) is 4.83. The third-order valence-electron chi connectivity index (χ3n) is 3.19. The molecule has 4 heteroatoms. The maximum absolute atomic E-state index is 12.9. The number of anilines is 1. The van der Waals surface area contributed by atoms with Gasteiger partial charge >= 0.3 is 6.18 Å². The molecule has 0 bridgehead atoms. The minimum atomic E-state index is -4.32. The normalized spacial score (nSPS) is 11.4. The van der Waals surface area contributed by atoms with Crippen molar-refractivity contribution < 1.29 is 13.2 Å². The van der Waals surface area contributed by atoms with E-state index in [1.165, 1.54) is 12.1 Å². The molecule has 2 aromatic rings. The van der Waals surface area contributed by atoms with Gasteiger partial charge in [0.15, 0.2) is 0 Å². The molecule has 0 heterocycles. The third-order valence-corrected chi connectivity index (χ3v) is 3.19. The first-order valence-corrected chi connectivity index (χ1v) is 6.34. The average Bonchev–Trinajstić information content (AvgIpc) is 2.39. The van der Waals surface area contributed by atoms with Gasteiger partial charge in [-0.25, -0.2) is 0 Å². The van der Waals surface area contributed by atoms with Gasteiger partial charge in [0.25, 0.3) is 0 Å². The quantitative estimate of drug-likeness (QED) is 0.839. The molecule has 0 amide bonds. The Morgan fingerprint density at radius 2 is 1.70 bits per heavy atom. The van der Waals surface area contributed by atoms with Crippen LogP contribution >= 0.6 is 0 Å². The molecule has 0 radical (unpaired) electrons. The van der Waals surface area contributed by atoms with Gasteiger partial charge in [0, 0.05) is 12.2 Å². The van der Waals surface area contributed by atoms with Crippen molar-refractivity contribution in [1.29, 1.82) is 0 Å². The highest BCUT2D eigenvalue weighted by molar-refractivity contribution is 5.53. The Morgan fingerprint density at radius 1 is 1.00 bits per heavy atom. The molecule has 0 aliphatic heterocycles. The number of benzene rings is 2. The lowest BCUT2D eigenvalue weighted by Gasteiger charge is -2.15. The van der Waals surface area contributed by atoms with Crippen LogP contribution in [0.4, 0.5) is 18.9 Å². The van der Waals surface area contributed by atoms with Gasteiger partial charge in [-0.3, -0.25) is 0 Å². The summed E-state index contributed by atoms with van der Waals surface area (Å²) in [5.41, 5.74) is 2.61. The van der Waals surface area contributed by atoms with Crippen molar-refractivity contribution in [3.05, 3.63) is 64.7 Å². The summed E-state index contributed by atoms with van der Waals surface area (Å²) in [6.07, 6.45) is -4.32. The zero-order chi connectivity index (χ0) is 14.8. The van der Waals surface area contributed by atoms with Crippen LogP contribution in [0.3, 0.4) is 0 Å². The molecule has 106 valence electrons. The lowest BCUT2D eigenvalue weighted by Crippen LogP contribution is -2.12. The molecule has 0 aliphatic rings. The summed E-state index contributed by atoms with van der Waals surface area (Å²) in [5, 5.41) is 3.08. The average molecular weight is 279 g/mol. The minimum Gasteiger partial charge on any atom is -0.381 e. The van der Waals surface area contributed by atoms with Crippen molar-refractivity contribution in [3.63, 3.8) is 0 Å². The molecule has 1 N–H and O–H groups in total. The molecule has 2 aromatic carbocycles. The number of hydrogen-bond acceptors (Lipinski definition) is 1. The van der Waals surface area contributed by atoms with Gasteiger partial charge in [0.05, 0.1) is 5.56 Å². The van der Waals surface area contributed by atoms with Crippen LogP contribution in [0.25, 0.3) is 0 Å². The van der Waals surface area contributed by atoms with E-state index in [0.29, 0.717) is 0 Å². The van der Waals surface area contributed by atoms with E-state index < -0.39 is 11.7 Å². The molecular weight excluding hydrogens is 263 g/mol. The van der Waals surface area contributed by atoms with Crippen LogP contribution in [0.15, 0.2) is 42.5 Å². The Kier molecular flexibility index (Phi) is 4.02. The molecular formula is C16H16F3N. The van der Waals surface area contributed by atoms with Gasteiger partial charge < -0.3 is 5.32 Å². The fraction of sp³-hybridized carbons (Fsp3) is 0.250. The standard InChI is InChI=1S/C16H16F3N/c1-11-7-8-12(2)15(9-11)20-10-13-5-3-4-6-14(13)16(17,18)19/h3-9,20H,10H2,1-2H3. The van der Waals surface area contributed by atoms with E-state index in [0.717, 1.165) is 22.9 Å². The van der Waals surface area contributed by atoms with E-state index >= 15 is 0 Å². The summed E-state index contributed by atoms with van der Waals surface area (Å²) in [6, 6.07) is 11.5. The maximum Gasteiger partial charge on any atom is 0.416 e. The summed E-state index contributed by atoms with van der Waals surface area (Å²) in [6.45, 7) is 4.03. The number of nitrogens with one attached hydrogen (secondary N) is 1. The lowest BCUT2D eigenvalue weighted by atomic mass is 10.1. The molecule has 2 rings (SSSR count). The molecule has 0 fully saturated rings. The first-order valence-electron chi connectivity index (χ1n) is 6.34. The number of halogens is 3. The van der Waals surface area contributed by atoms with Gasteiger partial charge in [-0.2, -0.15) is 13.2 Å². The molecule has 0 saturated carbocycles. The van der Waals surface area contributed by atoms with Crippen LogP contribution in [0, 0.1) is 13.8 Å². The first kappa shape index (κ1) is 14.4. The predicted octanol–water partition coefficient (Wildman–Crippen LogP) is 4.93. The Labute approximate surface area is 116 Å². The van der Waals surface area contributed by atoms with Crippen molar-refractivity contribution in [2.24, 2.45) is 0 Å². The monoisotopic (exact) mass is 279 g/mol. The van der Waals surface area contributed by atoms with Gasteiger partial charge in [-0.05, 0) is 42.7 Å². The van der Waals surface area contributed by atoms with E-state index in [1.807, 2.05) is 32.0 Å². The maximum atomic E-state index is 12.9. The van der Waals surface area contributed by atoms with Crippen LogP contribution in [0.5, 0.6) is 0 Å².